The summed E-state index contributed by atoms with van der Waals surface area (Å²) in [5.74, 6) is 6.03. The summed E-state index contributed by atoms with van der Waals surface area (Å²) < 4.78 is 5.42. The van der Waals surface area contributed by atoms with E-state index in [1.54, 1.807) is 11.2 Å². The number of rotatable bonds is 4. The fourth-order valence-corrected chi connectivity index (χ4v) is 2.95. The third-order valence-corrected chi connectivity index (χ3v) is 4.18. The normalized spacial score (nSPS) is 24.6. The molecule has 0 amide bonds. The van der Waals surface area contributed by atoms with E-state index in [4.69, 9.17) is 22.0 Å². The fourth-order valence-electron chi connectivity index (χ4n) is 2.95. The van der Waals surface area contributed by atoms with Crippen LogP contribution in [0.4, 0.5) is 0 Å². The Hall–Kier alpha value is -0.820. The van der Waals surface area contributed by atoms with Gasteiger partial charge in [0, 0.05) is 56.8 Å². The Morgan fingerprint density at radius 2 is 1.84 bits per heavy atom. The Morgan fingerprint density at radius 3 is 2.42 bits per heavy atom. The summed E-state index contributed by atoms with van der Waals surface area (Å²) in [6, 6.07) is 1.08. The molecule has 0 unspecified atom stereocenters. The van der Waals surface area contributed by atoms with Crippen molar-refractivity contribution >= 4 is 0 Å². The standard InChI is InChI=1S/C13H27N5O/c14-9-11(15)10-18(16)13-1-5-17(6-2-13)12-3-7-19-8-4-12/h10,12-13H,1-9,14-16H2/b11-10-. The monoisotopic (exact) mass is 269 g/mol. The second kappa shape index (κ2) is 7.09. The molecule has 0 aromatic rings. The molecule has 6 nitrogen and oxygen atoms in total. The zero-order valence-corrected chi connectivity index (χ0v) is 11.6. The topological polar surface area (TPSA) is 93.8 Å². The number of likely N-dealkylation sites (tertiary alicyclic amines) is 1. The van der Waals surface area contributed by atoms with Gasteiger partial charge in [0.1, 0.15) is 0 Å². The first-order valence-electron chi connectivity index (χ1n) is 7.21. The van der Waals surface area contributed by atoms with Crippen molar-refractivity contribution in [3.8, 4) is 0 Å². The lowest BCUT2D eigenvalue weighted by molar-refractivity contribution is 0.0174. The number of hydrazine groups is 1. The van der Waals surface area contributed by atoms with Crippen LogP contribution in [0.1, 0.15) is 25.7 Å². The van der Waals surface area contributed by atoms with Gasteiger partial charge >= 0.3 is 0 Å². The zero-order chi connectivity index (χ0) is 13.7. The number of hydrogen-bond donors (Lipinski definition) is 3. The molecule has 0 aromatic carbocycles. The third-order valence-electron chi connectivity index (χ3n) is 4.18. The van der Waals surface area contributed by atoms with Crippen LogP contribution in [0.25, 0.3) is 0 Å². The first-order chi connectivity index (χ1) is 9.20. The van der Waals surface area contributed by atoms with Gasteiger partial charge in [0.15, 0.2) is 0 Å². The summed E-state index contributed by atoms with van der Waals surface area (Å²) in [6.07, 6.45) is 6.27. The predicted molar refractivity (Wildman–Crippen MR) is 75.8 cm³/mol. The smallest absolute Gasteiger partial charge is 0.0480 e. The first-order valence-corrected chi connectivity index (χ1v) is 7.21. The van der Waals surface area contributed by atoms with Gasteiger partial charge in [0.2, 0.25) is 0 Å². The van der Waals surface area contributed by atoms with Gasteiger partial charge < -0.3 is 26.1 Å². The molecule has 0 atom stereocenters. The molecular weight excluding hydrogens is 242 g/mol. The average Bonchev–Trinajstić information content (AvgIpc) is 2.48. The Balaban J connectivity index is 1.78. The van der Waals surface area contributed by atoms with Crippen LogP contribution in [-0.4, -0.2) is 54.8 Å². The van der Waals surface area contributed by atoms with Gasteiger partial charge in [-0.05, 0) is 25.7 Å². The summed E-state index contributed by atoms with van der Waals surface area (Å²) in [5, 5.41) is 1.74. The molecule has 2 heterocycles. The lowest BCUT2D eigenvalue weighted by Gasteiger charge is -2.41. The highest BCUT2D eigenvalue weighted by Gasteiger charge is 2.27. The maximum atomic E-state index is 6.03. The zero-order valence-electron chi connectivity index (χ0n) is 11.6. The van der Waals surface area contributed by atoms with Crippen molar-refractivity contribution in [2.24, 2.45) is 17.3 Å². The highest BCUT2D eigenvalue weighted by Crippen LogP contribution is 2.21. The molecule has 2 aliphatic rings. The minimum Gasteiger partial charge on any atom is -0.400 e. The molecule has 6 heteroatoms. The van der Waals surface area contributed by atoms with Gasteiger partial charge in [-0.25, -0.2) is 5.84 Å². The van der Waals surface area contributed by atoms with E-state index < -0.39 is 0 Å². The molecule has 0 radical (unpaired) electrons. The van der Waals surface area contributed by atoms with Crippen LogP contribution in [-0.2, 0) is 4.74 Å². The van der Waals surface area contributed by atoms with Crippen LogP contribution in [0.5, 0.6) is 0 Å². The van der Waals surface area contributed by atoms with Gasteiger partial charge in [0.25, 0.3) is 0 Å². The molecular formula is C13H27N5O. The van der Waals surface area contributed by atoms with Gasteiger partial charge in [-0.1, -0.05) is 0 Å². The second-order valence-corrected chi connectivity index (χ2v) is 5.47. The van der Waals surface area contributed by atoms with Gasteiger partial charge in [0.05, 0.1) is 0 Å². The lowest BCUT2D eigenvalue weighted by Crippen LogP contribution is -2.50. The second-order valence-electron chi connectivity index (χ2n) is 5.47. The number of ether oxygens (including phenoxy) is 1. The number of nitrogens with zero attached hydrogens (tertiary/aromatic N) is 2. The molecule has 19 heavy (non-hydrogen) atoms. The molecule has 0 bridgehead atoms. The van der Waals surface area contributed by atoms with E-state index in [1.165, 1.54) is 0 Å². The van der Waals surface area contributed by atoms with Crippen molar-refractivity contribution in [2.45, 2.75) is 37.8 Å². The summed E-state index contributed by atoms with van der Waals surface area (Å²) in [7, 11) is 0. The molecule has 2 rings (SSSR count). The highest BCUT2D eigenvalue weighted by molar-refractivity contribution is 4.98. The summed E-state index contributed by atoms with van der Waals surface area (Å²) in [4.78, 5) is 2.59. The number of piperidine rings is 1. The van der Waals surface area contributed by atoms with Crippen LogP contribution in [0.3, 0.4) is 0 Å². The Labute approximate surface area is 115 Å². The van der Waals surface area contributed by atoms with Crippen LogP contribution in [0, 0.1) is 0 Å². The molecule has 110 valence electrons. The molecule has 2 fully saturated rings. The third kappa shape index (κ3) is 4.07. The minimum absolute atomic E-state index is 0.356. The van der Waals surface area contributed by atoms with Crippen molar-refractivity contribution in [1.29, 1.82) is 0 Å². The Kier molecular flexibility index (Phi) is 5.45. The fraction of sp³-hybridized carbons (Fsp3) is 0.846. The maximum Gasteiger partial charge on any atom is 0.0480 e. The van der Waals surface area contributed by atoms with E-state index in [-0.39, 0.29) is 0 Å². The minimum atomic E-state index is 0.356. The predicted octanol–water partition coefficient (Wildman–Crippen LogP) is -0.436. The van der Waals surface area contributed by atoms with Gasteiger partial charge in [-0.2, -0.15) is 0 Å². The highest BCUT2D eigenvalue weighted by atomic mass is 16.5. The van der Waals surface area contributed by atoms with Crippen molar-refractivity contribution in [2.75, 3.05) is 32.8 Å². The number of nitrogens with two attached hydrogens (primary N) is 3. The van der Waals surface area contributed by atoms with Crippen molar-refractivity contribution in [1.82, 2.24) is 9.91 Å². The maximum absolute atomic E-state index is 6.03. The van der Waals surface area contributed by atoms with Crippen molar-refractivity contribution < 1.29 is 4.74 Å². The van der Waals surface area contributed by atoms with E-state index in [0.717, 1.165) is 52.0 Å². The molecule has 0 saturated carbocycles. The van der Waals surface area contributed by atoms with Crippen LogP contribution in [0.15, 0.2) is 11.9 Å². The van der Waals surface area contributed by atoms with Crippen molar-refractivity contribution in [3.05, 3.63) is 11.9 Å². The Morgan fingerprint density at radius 1 is 1.21 bits per heavy atom. The van der Waals surface area contributed by atoms with Crippen molar-refractivity contribution in [3.63, 3.8) is 0 Å². The van der Waals surface area contributed by atoms with Gasteiger partial charge in [-0.3, -0.25) is 0 Å². The molecule has 2 aliphatic heterocycles. The van der Waals surface area contributed by atoms with Gasteiger partial charge in [-0.15, -0.1) is 0 Å². The van der Waals surface area contributed by atoms with Crippen LogP contribution >= 0.6 is 0 Å². The summed E-state index contributed by atoms with van der Waals surface area (Å²) >= 11 is 0. The number of hydrogen-bond acceptors (Lipinski definition) is 6. The molecule has 0 aromatic heterocycles. The van der Waals surface area contributed by atoms with Crippen LogP contribution < -0.4 is 17.3 Å². The SMILES string of the molecule is NC/C(N)=C/N(N)C1CCN(C2CCOCC2)CC1. The Bertz CT molecular complexity index is 295. The summed E-state index contributed by atoms with van der Waals surface area (Å²) in [5.41, 5.74) is 11.8. The molecule has 0 spiro atoms. The molecule has 2 saturated heterocycles. The van der Waals surface area contributed by atoms with E-state index in [9.17, 15) is 0 Å². The van der Waals surface area contributed by atoms with Crippen LogP contribution in [0.2, 0.25) is 0 Å². The molecule has 6 N–H and O–H groups in total. The average molecular weight is 269 g/mol. The van der Waals surface area contributed by atoms with E-state index in [0.29, 0.717) is 24.3 Å². The first kappa shape index (κ1) is 14.6. The molecule has 0 aliphatic carbocycles. The summed E-state index contributed by atoms with van der Waals surface area (Å²) in [6.45, 7) is 4.39. The quantitative estimate of drug-likeness (QED) is 0.473. The van der Waals surface area contributed by atoms with E-state index in [2.05, 4.69) is 4.90 Å². The largest absolute Gasteiger partial charge is 0.400 e. The van der Waals surface area contributed by atoms with E-state index in [1.807, 2.05) is 0 Å². The van der Waals surface area contributed by atoms with E-state index >= 15 is 0 Å². The lowest BCUT2D eigenvalue weighted by atomic mass is 9.99.